The number of nitrogen functional groups attached to an aromatic ring is 1. The van der Waals surface area contributed by atoms with Gasteiger partial charge in [0.25, 0.3) is 5.88 Å². The summed E-state index contributed by atoms with van der Waals surface area (Å²) in [7, 11) is 0. The highest BCUT2D eigenvalue weighted by molar-refractivity contribution is 5.41. The summed E-state index contributed by atoms with van der Waals surface area (Å²) in [6, 6.07) is 0. The second kappa shape index (κ2) is 2.60. The number of hydrogen-bond acceptors (Lipinski definition) is 3. The zero-order chi connectivity index (χ0) is 7.56. The molecule has 0 spiro atoms. The van der Waals surface area contributed by atoms with E-state index in [2.05, 4.69) is 9.97 Å². The molecule has 10 heavy (non-hydrogen) atoms. The van der Waals surface area contributed by atoms with Crippen molar-refractivity contribution in [1.29, 1.82) is 0 Å². The third kappa shape index (κ3) is 1.21. The number of ether oxygens (including phenoxy) is 1. The van der Waals surface area contributed by atoms with Crippen LogP contribution in [0.15, 0.2) is 0 Å². The summed E-state index contributed by atoms with van der Waals surface area (Å²) in [5.74, 6) is 1.78. The second-order valence-corrected chi connectivity index (χ2v) is 1.97. The maximum absolute atomic E-state index is 5.48. The average Bonchev–Trinajstić information content (AvgIpc) is 2.13. The number of nitrogens with zero attached hydrogens (tertiary/aromatic N) is 1. The lowest BCUT2D eigenvalue weighted by Crippen LogP contribution is -1.95. The van der Waals surface area contributed by atoms with E-state index in [1.165, 1.54) is 0 Å². The van der Waals surface area contributed by atoms with Gasteiger partial charge in [-0.25, -0.2) is 0 Å². The Bertz CT molecular complexity index is 219. The molecule has 4 nitrogen and oxygen atoms in total. The Morgan fingerprint density at radius 1 is 1.70 bits per heavy atom. The van der Waals surface area contributed by atoms with Gasteiger partial charge in [0.05, 0.1) is 6.61 Å². The van der Waals surface area contributed by atoms with Gasteiger partial charge in [-0.05, 0) is 13.8 Å². The standard InChI is InChI=1S/C6H11N3O/c1-3-10-6-5(7)8-4(2)9-6/h3,7H2,1-2H3,(H,8,9). The van der Waals surface area contributed by atoms with Gasteiger partial charge in [-0.1, -0.05) is 0 Å². The highest BCUT2D eigenvalue weighted by Gasteiger charge is 2.02. The van der Waals surface area contributed by atoms with Gasteiger partial charge in [0.1, 0.15) is 5.82 Å². The molecule has 1 rings (SSSR count). The Morgan fingerprint density at radius 3 is 2.80 bits per heavy atom. The first-order valence-corrected chi connectivity index (χ1v) is 3.19. The summed E-state index contributed by atoms with van der Waals surface area (Å²) in [6.45, 7) is 4.32. The van der Waals surface area contributed by atoms with Crippen LogP contribution in [0.1, 0.15) is 12.7 Å². The number of hydrogen-bond donors (Lipinski definition) is 2. The minimum absolute atomic E-state index is 0.499. The molecule has 0 aliphatic heterocycles. The second-order valence-electron chi connectivity index (χ2n) is 1.97. The van der Waals surface area contributed by atoms with E-state index >= 15 is 0 Å². The fraction of sp³-hybridized carbons (Fsp3) is 0.500. The van der Waals surface area contributed by atoms with Crippen molar-refractivity contribution in [1.82, 2.24) is 9.97 Å². The molecule has 4 heteroatoms. The lowest BCUT2D eigenvalue weighted by atomic mass is 10.7. The van der Waals surface area contributed by atoms with Crippen LogP contribution >= 0.6 is 0 Å². The van der Waals surface area contributed by atoms with Crippen molar-refractivity contribution in [3.05, 3.63) is 5.82 Å². The lowest BCUT2D eigenvalue weighted by molar-refractivity contribution is 0.330. The van der Waals surface area contributed by atoms with E-state index in [0.29, 0.717) is 18.3 Å². The van der Waals surface area contributed by atoms with Crippen LogP contribution in [0.3, 0.4) is 0 Å². The van der Waals surface area contributed by atoms with E-state index in [9.17, 15) is 0 Å². The zero-order valence-electron chi connectivity index (χ0n) is 6.14. The number of aromatic amines is 1. The molecule has 56 valence electrons. The van der Waals surface area contributed by atoms with Crippen LogP contribution in [0, 0.1) is 6.92 Å². The van der Waals surface area contributed by atoms with E-state index in [4.69, 9.17) is 10.5 Å². The zero-order valence-corrected chi connectivity index (χ0v) is 6.14. The summed E-state index contributed by atoms with van der Waals surface area (Å²) in [6.07, 6.45) is 0. The smallest absolute Gasteiger partial charge is 0.256 e. The minimum Gasteiger partial charge on any atom is -0.475 e. The van der Waals surface area contributed by atoms with Crippen LogP contribution < -0.4 is 10.5 Å². The SMILES string of the molecule is CCOc1nc(C)[nH]c1N. The van der Waals surface area contributed by atoms with Crippen LogP contribution in [0.4, 0.5) is 5.82 Å². The van der Waals surface area contributed by atoms with Crippen molar-refractivity contribution in [2.45, 2.75) is 13.8 Å². The summed E-state index contributed by atoms with van der Waals surface area (Å²) >= 11 is 0. The quantitative estimate of drug-likeness (QED) is 0.637. The molecule has 0 aromatic carbocycles. The van der Waals surface area contributed by atoms with Gasteiger partial charge in [-0.2, -0.15) is 4.98 Å². The number of H-pyrrole nitrogens is 1. The van der Waals surface area contributed by atoms with Gasteiger partial charge in [0.2, 0.25) is 0 Å². The Kier molecular flexibility index (Phi) is 1.80. The lowest BCUT2D eigenvalue weighted by Gasteiger charge is -1.96. The van der Waals surface area contributed by atoms with E-state index in [-0.39, 0.29) is 0 Å². The average molecular weight is 141 g/mol. The molecule has 1 aromatic heterocycles. The van der Waals surface area contributed by atoms with Crippen molar-refractivity contribution < 1.29 is 4.74 Å². The molecule has 1 heterocycles. The van der Waals surface area contributed by atoms with Crippen LogP contribution in [0.2, 0.25) is 0 Å². The maximum Gasteiger partial charge on any atom is 0.256 e. The number of imidazole rings is 1. The Hall–Kier alpha value is -1.19. The van der Waals surface area contributed by atoms with Gasteiger partial charge >= 0.3 is 0 Å². The minimum atomic E-state index is 0.499. The topological polar surface area (TPSA) is 63.9 Å². The molecule has 0 aliphatic carbocycles. The third-order valence-electron chi connectivity index (χ3n) is 1.10. The fourth-order valence-electron chi connectivity index (χ4n) is 0.736. The molecular formula is C6H11N3O. The molecule has 3 N–H and O–H groups in total. The van der Waals surface area contributed by atoms with Crippen LogP contribution in [-0.4, -0.2) is 16.6 Å². The molecule has 0 radical (unpaired) electrons. The van der Waals surface area contributed by atoms with Crippen LogP contribution in [-0.2, 0) is 0 Å². The molecule has 0 unspecified atom stereocenters. The maximum atomic E-state index is 5.48. The molecule has 0 saturated heterocycles. The monoisotopic (exact) mass is 141 g/mol. The molecule has 1 aromatic rings. The number of nitrogens with one attached hydrogen (secondary N) is 1. The van der Waals surface area contributed by atoms with Crippen molar-refractivity contribution in [2.24, 2.45) is 0 Å². The van der Waals surface area contributed by atoms with Crippen molar-refractivity contribution in [2.75, 3.05) is 12.3 Å². The van der Waals surface area contributed by atoms with Gasteiger partial charge in [0.15, 0.2) is 5.82 Å². The highest BCUT2D eigenvalue weighted by Crippen LogP contribution is 2.15. The first kappa shape index (κ1) is 6.92. The van der Waals surface area contributed by atoms with Crippen molar-refractivity contribution in [3.63, 3.8) is 0 Å². The van der Waals surface area contributed by atoms with E-state index < -0.39 is 0 Å². The normalized spacial score (nSPS) is 9.80. The van der Waals surface area contributed by atoms with E-state index in [0.717, 1.165) is 5.82 Å². The Balaban J connectivity index is 2.81. The number of anilines is 1. The fourth-order valence-corrected chi connectivity index (χ4v) is 0.736. The van der Waals surface area contributed by atoms with Crippen LogP contribution in [0.25, 0.3) is 0 Å². The molecule has 0 atom stereocenters. The predicted octanol–water partition coefficient (Wildman–Crippen LogP) is 0.699. The number of aromatic nitrogens is 2. The Morgan fingerprint density at radius 2 is 2.40 bits per heavy atom. The van der Waals surface area contributed by atoms with Gasteiger partial charge in [-0.15, -0.1) is 0 Å². The summed E-state index contributed by atoms with van der Waals surface area (Å²) in [5, 5.41) is 0. The largest absolute Gasteiger partial charge is 0.475 e. The van der Waals surface area contributed by atoms with Gasteiger partial charge in [-0.3, -0.25) is 0 Å². The first-order chi connectivity index (χ1) is 4.74. The van der Waals surface area contributed by atoms with Gasteiger partial charge in [0, 0.05) is 0 Å². The molecule has 0 aliphatic rings. The molecule has 0 amide bonds. The number of nitrogens with two attached hydrogens (primary N) is 1. The van der Waals surface area contributed by atoms with E-state index in [1.54, 1.807) is 0 Å². The Labute approximate surface area is 59.4 Å². The molecule has 0 bridgehead atoms. The summed E-state index contributed by atoms with van der Waals surface area (Å²) in [5.41, 5.74) is 5.48. The first-order valence-electron chi connectivity index (χ1n) is 3.19. The highest BCUT2D eigenvalue weighted by atomic mass is 16.5. The molecular weight excluding hydrogens is 130 g/mol. The summed E-state index contributed by atoms with van der Waals surface area (Å²) in [4.78, 5) is 6.83. The third-order valence-corrected chi connectivity index (χ3v) is 1.10. The van der Waals surface area contributed by atoms with Crippen molar-refractivity contribution in [3.8, 4) is 5.88 Å². The molecule has 0 saturated carbocycles. The van der Waals surface area contributed by atoms with Crippen LogP contribution in [0.5, 0.6) is 5.88 Å². The van der Waals surface area contributed by atoms with E-state index in [1.807, 2.05) is 13.8 Å². The van der Waals surface area contributed by atoms with Gasteiger partial charge < -0.3 is 15.5 Å². The van der Waals surface area contributed by atoms with Crippen molar-refractivity contribution >= 4 is 5.82 Å². The molecule has 0 fully saturated rings. The summed E-state index contributed by atoms with van der Waals surface area (Å²) < 4.78 is 5.09. The number of rotatable bonds is 2. The number of aryl methyl sites for hydroxylation is 1. The predicted molar refractivity (Wildman–Crippen MR) is 38.9 cm³/mol.